The summed E-state index contributed by atoms with van der Waals surface area (Å²) in [5.41, 5.74) is 1.33. The SMILES string of the molecule is CCCN(CC(=O)OCC)C(=O)c1cc2c(s1)CCCCC2. The highest BCUT2D eigenvalue weighted by Gasteiger charge is 2.22. The van der Waals surface area contributed by atoms with E-state index in [-0.39, 0.29) is 18.4 Å². The number of fused-ring (bicyclic) bond motifs is 1. The lowest BCUT2D eigenvalue weighted by Crippen LogP contribution is -2.36. The number of rotatable bonds is 6. The molecule has 2 rings (SSSR count). The highest BCUT2D eigenvalue weighted by Crippen LogP contribution is 2.29. The van der Waals surface area contributed by atoms with Gasteiger partial charge in [-0.1, -0.05) is 13.3 Å². The summed E-state index contributed by atoms with van der Waals surface area (Å²) < 4.78 is 4.97. The summed E-state index contributed by atoms with van der Waals surface area (Å²) in [5.74, 6) is -0.365. The number of aryl methyl sites for hydroxylation is 2. The minimum absolute atomic E-state index is 0.0343. The van der Waals surface area contributed by atoms with Crippen LogP contribution in [0.15, 0.2) is 6.07 Å². The van der Waals surface area contributed by atoms with Crippen LogP contribution in [-0.4, -0.2) is 36.5 Å². The van der Waals surface area contributed by atoms with E-state index in [4.69, 9.17) is 4.74 Å². The van der Waals surface area contributed by atoms with Crippen LogP contribution < -0.4 is 0 Å². The van der Waals surface area contributed by atoms with E-state index >= 15 is 0 Å². The summed E-state index contributed by atoms with van der Waals surface area (Å²) in [6.07, 6.45) is 6.68. The van der Waals surface area contributed by atoms with Crippen LogP contribution in [0.5, 0.6) is 0 Å². The van der Waals surface area contributed by atoms with Crippen molar-refractivity contribution in [3.8, 4) is 0 Å². The molecule has 0 atom stereocenters. The Bertz CT molecular complexity index is 500. The molecule has 0 saturated heterocycles. The van der Waals surface area contributed by atoms with E-state index in [1.54, 1.807) is 23.2 Å². The third-order valence-corrected chi connectivity index (χ3v) is 5.09. The zero-order chi connectivity index (χ0) is 15.9. The van der Waals surface area contributed by atoms with Gasteiger partial charge in [-0.15, -0.1) is 11.3 Å². The summed E-state index contributed by atoms with van der Waals surface area (Å²) in [6, 6.07) is 2.04. The van der Waals surface area contributed by atoms with Gasteiger partial charge in [0.25, 0.3) is 5.91 Å². The molecule has 4 nitrogen and oxygen atoms in total. The number of carbonyl (C=O) groups excluding carboxylic acids is 2. The van der Waals surface area contributed by atoms with Crippen molar-refractivity contribution in [1.82, 2.24) is 4.90 Å². The van der Waals surface area contributed by atoms with Gasteiger partial charge in [-0.25, -0.2) is 0 Å². The summed E-state index contributed by atoms with van der Waals surface area (Å²) in [6.45, 7) is 4.76. The largest absolute Gasteiger partial charge is 0.465 e. The molecule has 1 aromatic heterocycles. The Hall–Kier alpha value is -1.36. The van der Waals surface area contributed by atoms with Crippen LogP contribution in [0.1, 0.15) is 59.6 Å². The van der Waals surface area contributed by atoms with Gasteiger partial charge < -0.3 is 9.64 Å². The normalized spacial score (nSPS) is 14.1. The molecule has 22 heavy (non-hydrogen) atoms. The molecule has 0 bridgehead atoms. The van der Waals surface area contributed by atoms with Gasteiger partial charge in [0, 0.05) is 11.4 Å². The van der Waals surface area contributed by atoms with Gasteiger partial charge >= 0.3 is 5.97 Å². The van der Waals surface area contributed by atoms with Crippen LogP contribution in [0, 0.1) is 0 Å². The van der Waals surface area contributed by atoms with Gasteiger partial charge in [0.05, 0.1) is 11.5 Å². The molecule has 1 aliphatic carbocycles. The number of esters is 1. The summed E-state index contributed by atoms with van der Waals surface area (Å²) in [7, 11) is 0. The van der Waals surface area contributed by atoms with Crippen molar-refractivity contribution in [2.24, 2.45) is 0 Å². The standard InChI is InChI=1S/C17H25NO3S/c1-3-10-18(12-16(19)21-4-2)17(20)15-11-13-8-6-5-7-9-14(13)22-15/h11H,3-10,12H2,1-2H3. The summed E-state index contributed by atoms with van der Waals surface area (Å²) >= 11 is 1.61. The maximum absolute atomic E-state index is 12.7. The third-order valence-electron chi connectivity index (χ3n) is 3.86. The van der Waals surface area contributed by atoms with Crippen molar-refractivity contribution < 1.29 is 14.3 Å². The maximum atomic E-state index is 12.7. The first-order valence-electron chi connectivity index (χ1n) is 8.22. The van der Waals surface area contributed by atoms with E-state index in [0.717, 1.165) is 24.1 Å². The molecular weight excluding hydrogens is 298 g/mol. The Labute approximate surface area is 136 Å². The van der Waals surface area contributed by atoms with Crippen LogP contribution in [0.4, 0.5) is 0 Å². The highest BCUT2D eigenvalue weighted by molar-refractivity contribution is 7.14. The summed E-state index contributed by atoms with van der Waals surface area (Å²) in [4.78, 5) is 28.1. The molecular formula is C17H25NO3S. The van der Waals surface area contributed by atoms with Crippen molar-refractivity contribution in [2.75, 3.05) is 19.7 Å². The maximum Gasteiger partial charge on any atom is 0.325 e. The Morgan fingerprint density at radius 3 is 2.73 bits per heavy atom. The van der Waals surface area contributed by atoms with Crippen LogP contribution in [0.3, 0.4) is 0 Å². The number of amides is 1. The Kier molecular flexibility index (Phi) is 6.43. The molecule has 0 unspecified atom stereocenters. The van der Waals surface area contributed by atoms with E-state index in [1.807, 2.05) is 13.0 Å². The Morgan fingerprint density at radius 1 is 1.23 bits per heavy atom. The van der Waals surface area contributed by atoms with Gasteiger partial charge in [0.2, 0.25) is 0 Å². The van der Waals surface area contributed by atoms with E-state index in [2.05, 4.69) is 0 Å². The minimum atomic E-state index is -0.331. The Morgan fingerprint density at radius 2 is 2.00 bits per heavy atom. The Balaban J connectivity index is 2.11. The number of thiophene rings is 1. The molecule has 0 aliphatic heterocycles. The van der Waals surface area contributed by atoms with Crippen LogP contribution >= 0.6 is 11.3 Å². The lowest BCUT2D eigenvalue weighted by atomic mass is 10.1. The zero-order valence-corrected chi connectivity index (χ0v) is 14.3. The molecule has 1 amide bonds. The predicted molar refractivity (Wildman–Crippen MR) is 88.4 cm³/mol. The average Bonchev–Trinajstić information content (AvgIpc) is 2.77. The monoisotopic (exact) mass is 323 g/mol. The number of hydrogen-bond donors (Lipinski definition) is 0. The van der Waals surface area contributed by atoms with Crippen molar-refractivity contribution in [2.45, 2.75) is 52.4 Å². The van der Waals surface area contributed by atoms with E-state index in [9.17, 15) is 9.59 Å². The lowest BCUT2D eigenvalue weighted by molar-refractivity contribution is -0.143. The smallest absolute Gasteiger partial charge is 0.325 e. The second-order valence-corrected chi connectivity index (χ2v) is 6.79. The number of ether oxygens (including phenoxy) is 1. The molecule has 0 radical (unpaired) electrons. The molecule has 1 aliphatic rings. The molecule has 0 fully saturated rings. The predicted octanol–water partition coefficient (Wildman–Crippen LogP) is 3.43. The van der Waals surface area contributed by atoms with Gasteiger partial charge in [-0.05, 0) is 50.7 Å². The quantitative estimate of drug-likeness (QED) is 0.595. The molecule has 5 heteroatoms. The fraction of sp³-hybridized carbons (Fsp3) is 0.647. The first kappa shape index (κ1) is 17.0. The van der Waals surface area contributed by atoms with Crippen molar-refractivity contribution in [1.29, 1.82) is 0 Å². The number of carbonyl (C=O) groups is 2. The lowest BCUT2D eigenvalue weighted by Gasteiger charge is -2.20. The first-order chi connectivity index (χ1) is 10.7. The summed E-state index contributed by atoms with van der Waals surface area (Å²) in [5, 5.41) is 0. The van der Waals surface area contributed by atoms with Crippen LogP contribution in [0.2, 0.25) is 0 Å². The third kappa shape index (κ3) is 4.32. The van der Waals surface area contributed by atoms with E-state index < -0.39 is 0 Å². The van der Waals surface area contributed by atoms with E-state index in [1.165, 1.54) is 29.7 Å². The second-order valence-electron chi connectivity index (χ2n) is 5.65. The second kappa shape index (κ2) is 8.32. The fourth-order valence-corrected chi connectivity index (χ4v) is 4.03. The molecule has 0 saturated carbocycles. The topological polar surface area (TPSA) is 46.6 Å². The highest BCUT2D eigenvalue weighted by atomic mass is 32.1. The zero-order valence-electron chi connectivity index (χ0n) is 13.5. The molecule has 1 aromatic rings. The molecule has 0 spiro atoms. The average molecular weight is 323 g/mol. The van der Waals surface area contributed by atoms with Gasteiger partial charge in [-0.2, -0.15) is 0 Å². The van der Waals surface area contributed by atoms with Crippen molar-refractivity contribution in [3.05, 3.63) is 21.4 Å². The van der Waals surface area contributed by atoms with Gasteiger partial charge in [0.15, 0.2) is 0 Å². The molecule has 122 valence electrons. The van der Waals surface area contributed by atoms with E-state index in [0.29, 0.717) is 13.2 Å². The molecule has 0 aromatic carbocycles. The van der Waals surface area contributed by atoms with Crippen molar-refractivity contribution in [3.63, 3.8) is 0 Å². The first-order valence-corrected chi connectivity index (χ1v) is 9.03. The minimum Gasteiger partial charge on any atom is -0.465 e. The molecule has 0 N–H and O–H groups in total. The van der Waals surface area contributed by atoms with Crippen LogP contribution in [-0.2, 0) is 22.4 Å². The fourth-order valence-electron chi connectivity index (χ4n) is 2.81. The number of hydrogen-bond acceptors (Lipinski definition) is 4. The number of nitrogens with zero attached hydrogens (tertiary/aromatic N) is 1. The van der Waals surface area contributed by atoms with Crippen LogP contribution in [0.25, 0.3) is 0 Å². The van der Waals surface area contributed by atoms with Crippen molar-refractivity contribution >= 4 is 23.2 Å². The van der Waals surface area contributed by atoms with Gasteiger partial charge in [0.1, 0.15) is 6.54 Å². The molecule has 1 heterocycles. The van der Waals surface area contributed by atoms with Gasteiger partial charge in [-0.3, -0.25) is 9.59 Å².